The Kier molecular flexibility index (Phi) is 10.4. The van der Waals surface area contributed by atoms with Crippen LogP contribution in [0.15, 0.2) is 12.1 Å². The van der Waals surface area contributed by atoms with Crippen LogP contribution < -0.4 is 14.2 Å². The van der Waals surface area contributed by atoms with Crippen molar-refractivity contribution in [1.82, 2.24) is 0 Å². The fourth-order valence-electron chi connectivity index (χ4n) is 2.51. The second-order valence-electron chi connectivity index (χ2n) is 6.97. The molecule has 0 spiro atoms. The molecule has 1 rings (SSSR count). The summed E-state index contributed by atoms with van der Waals surface area (Å²) < 4.78 is 18.0. The maximum atomic E-state index is 9.49. The zero-order chi connectivity index (χ0) is 19.4. The van der Waals surface area contributed by atoms with Gasteiger partial charge in [0.1, 0.15) is 11.4 Å². The van der Waals surface area contributed by atoms with Crippen LogP contribution in [0.5, 0.6) is 17.2 Å². The molecule has 5 heteroatoms. The maximum Gasteiger partial charge on any atom is 0.171 e. The first-order valence-corrected chi connectivity index (χ1v) is 9.90. The van der Waals surface area contributed by atoms with Gasteiger partial charge in [-0.2, -0.15) is 0 Å². The summed E-state index contributed by atoms with van der Waals surface area (Å²) in [5.74, 6) is 1.92. The summed E-state index contributed by atoms with van der Waals surface area (Å²) in [6, 6.07) is 3.76. The molecule has 0 heterocycles. The molecule has 1 aromatic rings. The van der Waals surface area contributed by atoms with E-state index in [1.54, 1.807) is 13.8 Å². The Morgan fingerprint density at radius 1 is 0.769 bits per heavy atom. The molecule has 0 amide bonds. The van der Waals surface area contributed by atoms with Crippen molar-refractivity contribution in [3.8, 4) is 17.2 Å². The van der Waals surface area contributed by atoms with E-state index in [9.17, 15) is 5.26 Å². The number of benzene rings is 1. The van der Waals surface area contributed by atoms with E-state index in [2.05, 4.69) is 20.8 Å². The van der Waals surface area contributed by atoms with E-state index in [4.69, 9.17) is 19.1 Å². The highest BCUT2D eigenvalue weighted by Gasteiger charge is 2.33. The largest absolute Gasteiger partial charge is 0.493 e. The molecular weight excluding hydrogens is 332 g/mol. The predicted octanol–water partition coefficient (Wildman–Crippen LogP) is 5.95. The van der Waals surface area contributed by atoms with Gasteiger partial charge < -0.3 is 14.2 Å². The second kappa shape index (κ2) is 12.0. The molecule has 150 valence electrons. The van der Waals surface area contributed by atoms with Crippen molar-refractivity contribution < 1.29 is 24.4 Å². The number of hydrogen-bond donors (Lipinski definition) is 1. The SMILES string of the molecule is CCCCOc1ccc(OCCCC)c(C(C)(C)OO)c1OCCCC. The summed E-state index contributed by atoms with van der Waals surface area (Å²) in [7, 11) is 0. The molecule has 0 aromatic heterocycles. The van der Waals surface area contributed by atoms with Crippen LogP contribution in [0, 0.1) is 0 Å². The van der Waals surface area contributed by atoms with Crippen LogP contribution in [0.25, 0.3) is 0 Å². The molecule has 0 radical (unpaired) electrons. The quantitative estimate of drug-likeness (QED) is 0.250. The van der Waals surface area contributed by atoms with Crippen molar-refractivity contribution in [3.05, 3.63) is 17.7 Å². The first kappa shape index (κ1) is 22.6. The fraction of sp³-hybridized carbons (Fsp3) is 0.714. The van der Waals surface area contributed by atoms with Crippen LogP contribution in [-0.2, 0) is 10.5 Å². The molecule has 0 aliphatic carbocycles. The first-order valence-electron chi connectivity index (χ1n) is 9.90. The first-order chi connectivity index (χ1) is 12.5. The summed E-state index contributed by atoms with van der Waals surface area (Å²) in [5, 5.41) is 9.49. The van der Waals surface area contributed by atoms with Gasteiger partial charge in [-0.25, -0.2) is 4.89 Å². The standard InChI is InChI=1S/C21H36O5/c1-6-9-14-23-17-12-13-18(24-15-10-7-2)20(25-16-11-8-3)19(17)21(4,5)26-22/h12-13,22H,6-11,14-16H2,1-5H3. The second-order valence-corrected chi connectivity index (χ2v) is 6.97. The Labute approximate surface area is 158 Å². The van der Waals surface area contributed by atoms with E-state index in [0.717, 1.165) is 38.5 Å². The lowest BCUT2D eigenvalue weighted by molar-refractivity contribution is -0.318. The van der Waals surface area contributed by atoms with Gasteiger partial charge in [-0.05, 0) is 45.2 Å². The molecule has 26 heavy (non-hydrogen) atoms. The summed E-state index contributed by atoms with van der Waals surface area (Å²) in [5.41, 5.74) is -0.297. The molecule has 1 N–H and O–H groups in total. The monoisotopic (exact) mass is 368 g/mol. The summed E-state index contributed by atoms with van der Waals surface area (Å²) in [4.78, 5) is 4.78. The van der Waals surface area contributed by atoms with Gasteiger partial charge in [-0.3, -0.25) is 5.26 Å². The minimum atomic E-state index is -0.979. The van der Waals surface area contributed by atoms with Gasteiger partial charge in [-0.1, -0.05) is 40.0 Å². The molecule has 0 aliphatic heterocycles. The van der Waals surface area contributed by atoms with E-state index in [-0.39, 0.29) is 0 Å². The van der Waals surface area contributed by atoms with Gasteiger partial charge in [-0.15, -0.1) is 0 Å². The number of hydrogen-bond acceptors (Lipinski definition) is 5. The Balaban J connectivity index is 3.27. The van der Waals surface area contributed by atoms with Gasteiger partial charge in [0.25, 0.3) is 0 Å². The fourth-order valence-corrected chi connectivity index (χ4v) is 2.51. The highest BCUT2D eigenvalue weighted by Crippen LogP contribution is 2.45. The molecule has 0 saturated carbocycles. The smallest absolute Gasteiger partial charge is 0.171 e. The lowest BCUT2D eigenvalue weighted by atomic mass is 9.95. The maximum absolute atomic E-state index is 9.49. The lowest BCUT2D eigenvalue weighted by Crippen LogP contribution is -2.23. The minimum absolute atomic E-state index is 0.577. The molecule has 1 aromatic carbocycles. The van der Waals surface area contributed by atoms with Gasteiger partial charge >= 0.3 is 0 Å². The molecule has 0 saturated heterocycles. The van der Waals surface area contributed by atoms with Crippen LogP contribution in [-0.4, -0.2) is 25.1 Å². The molecule has 0 bridgehead atoms. The number of unbranched alkanes of at least 4 members (excludes halogenated alkanes) is 3. The van der Waals surface area contributed by atoms with Crippen LogP contribution >= 0.6 is 0 Å². The van der Waals surface area contributed by atoms with Crippen molar-refractivity contribution in [3.63, 3.8) is 0 Å². The van der Waals surface area contributed by atoms with E-state index in [0.29, 0.717) is 42.6 Å². The van der Waals surface area contributed by atoms with E-state index < -0.39 is 5.60 Å². The molecule has 0 aliphatic rings. The van der Waals surface area contributed by atoms with Gasteiger partial charge in [0.2, 0.25) is 0 Å². The topological polar surface area (TPSA) is 57.2 Å². The zero-order valence-electron chi connectivity index (χ0n) is 17.1. The van der Waals surface area contributed by atoms with Gasteiger partial charge in [0.15, 0.2) is 11.5 Å². The molecule has 0 unspecified atom stereocenters. The van der Waals surface area contributed by atoms with Gasteiger partial charge in [0, 0.05) is 0 Å². The summed E-state index contributed by atoms with van der Waals surface area (Å²) in [6.07, 6.45) is 6.01. The van der Waals surface area contributed by atoms with E-state index >= 15 is 0 Å². The predicted molar refractivity (Wildman–Crippen MR) is 104 cm³/mol. The highest BCUT2D eigenvalue weighted by atomic mass is 17.1. The molecule has 5 nitrogen and oxygen atoms in total. The van der Waals surface area contributed by atoms with Crippen molar-refractivity contribution in [2.24, 2.45) is 0 Å². The lowest BCUT2D eigenvalue weighted by Gasteiger charge is -2.28. The van der Waals surface area contributed by atoms with E-state index in [1.807, 2.05) is 12.1 Å². The van der Waals surface area contributed by atoms with Crippen LogP contribution in [0.2, 0.25) is 0 Å². The van der Waals surface area contributed by atoms with Crippen LogP contribution in [0.3, 0.4) is 0 Å². The Morgan fingerprint density at radius 2 is 1.23 bits per heavy atom. The highest BCUT2D eigenvalue weighted by molar-refractivity contribution is 5.56. The zero-order valence-corrected chi connectivity index (χ0v) is 17.1. The Bertz CT molecular complexity index is 513. The van der Waals surface area contributed by atoms with Gasteiger partial charge in [0.05, 0.1) is 25.4 Å². The Hall–Kier alpha value is -1.46. The third-order valence-corrected chi connectivity index (χ3v) is 4.17. The Morgan fingerprint density at radius 3 is 1.73 bits per heavy atom. The summed E-state index contributed by atoms with van der Waals surface area (Å²) in [6.45, 7) is 11.7. The summed E-state index contributed by atoms with van der Waals surface area (Å²) >= 11 is 0. The van der Waals surface area contributed by atoms with Crippen LogP contribution in [0.4, 0.5) is 0 Å². The number of rotatable bonds is 14. The van der Waals surface area contributed by atoms with Crippen LogP contribution in [0.1, 0.15) is 78.7 Å². The van der Waals surface area contributed by atoms with Crippen molar-refractivity contribution in [2.45, 2.75) is 78.7 Å². The molecular formula is C21H36O5. The van der Waals surface area contributed by atoms with E-state index in [1.165, 1.54) is 0 Å². The molecule has 0 fully saturated rings. The van der Waals surface area contributed by atoms with Crippen molar-refractivity contribution in [1.29, 1.82) is 0 Å². The van der Waals surface area contributed by atoms with Crippen molar-refractivity contribution >= 4 is 0 Å². The third-order valence-electron chi connectivity index (χ3n) is 4.17. The molecule has 0 atom stereocenters. The number of ether oxygens (including phenoxy) is 3. The third kappa shape index (κ3) is 6.69. The normalized spacial score (nSPS) is 11.5. The van der Waals surface area contributed by atoms with Crippen molar-refractivity contribution in [2.75, 3.05) is 19.8 Å². The minimum Gasteiger partial charge on any atom is -0.493 e. The average molecular weight is 369 g/mol. The average Bonchev–Trinajstić information content (AvgIpc) is 2.63.